The smallest absolute Gasteiger partial charge is 0.123 e. The van der Waals surface area contributed by atoms with Gasteiger partial charge in [0.1, 0.15) is 5.82 Å². The molecule has 0 saturated heterocycles. The minimum absolute atomic E-state index is 0.172. The molecule has 0 aromatic heterocycles. The number of benzene rings is 1. The van der Waals surface area contributed by atoms with Crippen molar-refractivity contribution in [2.45, 2.75) is 38.8 Å². The molecule has 0 spiro atoms. The molecule has 3 heteroatoms. The Morgan fingerprint density at radius 1 is 1.22 bits per heavy atom. The van der Waals surface area contributed by atoms with Gasteiger partial charge in [-0.3, -0.25) is 0 Å². The van der Waals surface area contributed by atoms with Gasteiger partial charge in [-0.15, -0.1) is 0 Å². The number of nitrogens with one attached hydrogen (secondary N) is 1. The minimum atomic E-state index is -0.172. The summed E-state index contributed by atoms with van der Waals surface area (Å²) < 4.78 is 12.9. The van der Waals surface area contributed by atoms with E-state index in [2.05, 4.69) is 38.2 Å². The number of hydrogen-bond donors (Lipinski definition) is 1. The molecule has 0 aliphatic heterocycles. The largest absolute Gasteiger partial charge is 0.309 e. The van der Waals surface area contributed by atoms with Gasteiger partial charge in [-0.1, -0.05) is 19.1 Å². The Bertz CT molecular complexity index is 335. The molecule has 2 atom stereocenters. The Labute approximate surface area is 110 Å². The first-order chi connectivity index (χ1) is 8.52. The minimum Gasteiger partial charge on any atom is -0.309 e. The van der Waals surface area contributed by atoms with E-state index in [1.165, 1.54) is 12.1 Å². The molecule has 1 N–H and O–H groups in total. The second kappa shape index (κ2) is 7.49. The van der Waals surface area contributed by atoms with Gasteiger partial charge < -0.3 is 10.2 Å². The number of halogens is 1. The Morgan fingerprint density at radius 3 is 2.33 bits per heavy atom. The second-order valence-electron chi connectivity index (χ2n) is 5.17. The van der Waals surface area contributed by atoms with E-state index >= 15 is 0 Å². The Kier molecular flexibility index (Phi) is 6.30. The molecule has 0 heterocycles. The van der Waals surface area contributed by atoms with Crippen LogP contribution in [-0.4, -0.2) is 31.6 Å². The third-order valence-corrected chi connectivity index (χ3v) is 3.18. The molecule has 0 saturated carbocycles. The molecule has 2 nitrogen and oxygen atoms in total. The van der Waals surface area contributed by atoms with E-state index in [4.69, 9.17) is 0 Å². The van der Waals surface area contributed by atoms with Crippen molar-refractivity contribution in [1.82, 2.24) is 10.2 Å². The van der Waals surface area contributed by atoms with Crippen LogP contribution in [0.25, 0.3) is 0 Å². The van der Waals surface area contributed by atoms with Crippen molar-refractivity contribution in [1.29, 1.82) is 0 Å². The van der Waals surface area contributed by atoms with E-state index in [-0.39, 0.29) is 5.82 Å². The van der Waals surface area contributed by atoms with Crippen LogP contribution < -0.4 is 5.32 Å². The second-order valence-corrected chi connectivity index (χ2v) is 5.17. The zero-order valence-electron chi connectivity index (χ0n) is 11.9. The summed E-state index contributed by atoms with van der Waals surface area (Å²) in [5.74, 6) is -0.172. The molecule has 0 bridgehead atoms. The van der Waals surface area contributed by atoms with E-state index in [1.807, 2.05) is 12.1 Å². The van der Waals surface area contributed by atoms with E-state index in [9.17, 15) is 4.39 Å². The average Bonchev–Trinajstić information content (AvgIpc) is 2.34. The summed E-state index contributed by atoms with van der Waals surface area (Å²) >= 11 is 0. The highest BCUT2D eigenvalue weighted by Crippen LogP contribution is 2.18. The van der Waals surface area contributed by atoms with Gasteiger partial charge in [0.05, 0.1) is 0 Å². The summed E-state index contributed by atoms with van der Waals surface area (Å²) in [6, 6.07) is 7.57. The predicted octanol–water partition coefficient (Wildman–Crippen LogP) is 3.21. The van der Waals surface area contributed by atoms with Crippen molar-refractivity contribution in [3.8, 4) is 0 Å². The van der Waals surface area contributed by atoms with Crippen LogP contribution in [0.1, 0.15) is 38.3 Å². The highest BCUT2D eigenvalue weighted by molar-refractivity contribution is 5.19. The molecule has 18 heavy (non-hydrogen) atoms. The van der Waals surface area contributed by atoms with Gasteiger partial charge in [0.25, 0.3) is 0 Å². The van der Waals surface area contributed by atoms with Crippen LogP contribution in [0.2, 0.25) is 0 Å². The van der Waals surface area contributed by atoms with Gasteiger partial charge in [0, 0.05) is 12.1 Å². The van der Waals surface area contributed by atoms with Gasteiger partial charge in [0.15, 0.2) is 0 Å². The van der Waals surface area contributed by atoms with Crippen LogP contribution in [0.4, 0.5) is 4.39 Å². The fraction of sp³-hybridized carbons (Fsp3) is 0.600. The molecule has 1 rings (SSSR count). The molecule has 0 aliphatic rings. The van der Waals surface area contributed by atoms with Crippen LogP contribution in [-0.2, 0) is 0 Å². The Balaban J connectivity index is 2.53. The van der Waals surface area contributed by atoms with Crippen molar-refractivity contribution in [3.63, 3.8) is 0 Å². The molecular formula is C15H25FN2. The number of hydrogen-bond acceptors (Lipinski definition) is 2. The summed E-state index contributed by atoms with van der Waals surface area (Å²) in [6.07, 6.45) is 2.13. The lowest BCUT2D eigenvalue weighted by molar-refractivity contribution is 0.347. The SMILES string of the molecule is CCC(NC(C)CCN(C)C)c1ccc(F)cc1. The highest BCUT2D eigenvalue weighted by Gasteiger charge is 2.12. The monoisotopic (exact) mass is 252 g/mol. The molecule has 0 radical (unpaired) electrons. The molecule has 1 aromatic carbocycles. The number of nitrogens with zero attached hydrogens (tertiary/aromatic N) is 1. The lowest BCUT2D eigenvalue weighted by Crippen LogP contribution is -2.32. The van der Waals surface area contributed by atoms with E-state index in [0.717, 1.165) is 24.9 Å². The lowest BCUT2D eigenvalue weighted by Gasteiger charge is -2.24. The topological polar surface area (TPSA) is 15.3 Å². The van der Waals surface area contributed by atoms with Crippen molar-refractivity contribution in [3.05, 3.63) is 35.6 Å². The quantitative estimate of drug-likeness (QED) is 0.801. The Hall–Kier alpha value is -0.930. The van der Waals surface area contributed by atoms with Gasteiger partial charge in [-0.2, -0.15) is 0 Å². The van der Waals surface area contributed by atoms with Gasteiger partial charge >= 0.3 is 0 Å². The van der Waals surface area contributed by atoms with E-state index < -0.39 is 0 Å². The molecule has 0 aliphatic carbocycles. The molecule has 102 valence electrons. The van der Waals surface area contributed by atoms with Crippen molar-refractivity contribution >= 4 is 0 Å². The lowest BCUT2D eigenvalue weighted by atomic mass is 10.0. The maximum Gasteiger partial charge on any atom is 0.123 e. The normalized spacial score (nSPS) is 14.8. The molecule has 1 aromatic rings. The number of rotatable bonds is 7. The Morgan fingerprint density at radius 2 is 1.83 bits per heavy atom. The van der Waals surface area contributed by atoms with Gasteiger partial charge in [-0.25, -0.2) is 4.39 Å². The van der Waals surface area contributed by atoms with E-state index in [1.54, 1.807) is 0 Å². The maximum absolute atomic E-state index is 12.9. The van der Waals surface area contributed by atoms with Crippen molar-refractivity contribution < 1.29 is 4.39 Å². The van der Waals surface area contributed by atoms with Crippen LogP contribution in [0, 0.1) is 5.82 Å². The first-order valence-electron chi connectivity index (χ1n) is 6.69. The third kappa shape index (κ3) is 5.15. The summed E-state index contributed by atoms with van der Waals surface area (Å²) in [6.45, 7) is 5.43. The summed E-state index contributed by atoms with van der Waals surface area (Å²) in [5, 5.41) is 3.61. The summed E-state index contributed by atoms with van der Waals surface area (Å²) in [5.41, 5.74) is 1.16. The fourth-order valence-electron chi connectivity index (χ4n) is 2.02. The summed E-state index contributed by atoms with van der Waals surface area (Å²) in [4.78, 5) is 2.19. The maximum atomic E-state index is 12.9. The first-order valence-corrected chi connectivity index (χ1v) is 6.69. The highest BCUT2D eigenvalue weighted by atomic mass is 19.1. The van der Waals surface area contributed by atoms with Gasteiger partial charge in [-0.05, 0) is 58.1 Å². The molecule has 2 unspecified atom stereocenters. The van der Waals surface area contributed by atoms with Gasteiger partial charge in [0.2, 0.25) is 0 Å². The third-order valence-electron chi connectivity index (χ3n) is 3.18. The fourth-order valence-corrected chi connectivity index (χ4v) is 2.02. The standard InChI is InChI=1S/C15H25FN2/c1-5-15(13-6-8-14(16)9-7-13)17-12(2)10-11-18(3)4/h6-9,12,15,17H,5,10-11H2,1-4H3. The zero-order chi connectivity index (χ0) is 13.5. The summed E-state index contributed by atoms with van der Waals surface area (Å²) in [7, 11) is 4.17. The average molecular weight is 252 g/mol. The van der Waals surface area contributed by atoms with Crippen LogP contribution in [0.15, 0.2) is 24.3 Å². The first kappa shape index (κ1) is 15.1. The van der Waals surface area contributed by atoms with Crippen LogP contribution >= 0.6 is 0 Å². The van der Waals surface area contributed by atoms with Crippen molar-refractivity contribution in [2.24, 2.45) is 0 Å². The zero-order valence-corrected chi connectivity index (χ0v) is 11.9. The van der Waals surface area contributed by atoms with E-state index in [0.29, 0.717) is 12.1 Å². The molecule has 0 amide bonds. The predicted molar refractivity (Wildman–Crippen MR) is 75.2 cm³/mol. The van der Waals surface area contributed by atoms with Crippen LogP contribution in [0.5, 0.6) is 0 Å². The van der Waals surface area contributed by atoms with Crippen molar-refractivity contribution in [2.75, 3.05) is 20.6 Å². The van der Waals surface area contributed by atoms with Crippen LogP contribution in [0.3, 0.4) is 0 Å². The molecule has 0 fully saturated rings. The molecular weight excluding hydrogens is 227 g/mol.